The van der Waals surface area contributed by atoms with Crippen LogP contribution in [0.2, 0.25) is 5.02 Å². The molecule has 136 valence electrons. The van der Waals surface area contributed by atoms with E-state index in [1.54, 1.807) is 0 Å². The average molecular weight is 370 g/mol. The van der Waals surface area contributed by atoms with Crippen LogP contribution < -0.4 is 4.90 Å². The van der Waals surface area contributed by atoms with E-state index in [9.17, 15) is 0 Å². The lowest BCUT2D eigenvalue weighted by molar-refractivity contribution is -0.401. The van der Waals surface area contributed by atoms with Gasteiger partial charge in [0, 0.05) is 42.0 Å². The van der Waals surface area contributed by atoms with Crippen LogP contribution in [-0.4, -0.2) is 42.6 Å². The van der Waals surface area contributed by atoms with E-state index in [1.165, 1.54) is 17.0 Å². The Balaban J connectivity index is 1.86. The molecule has 4 heteroatoms. The number of aliphatic hydroxyl groups is 1. The molecule has 0 radical (unpaired) electrons. The summed E-state index contributed by atoms with van der Waals surface area (Å²) in [5.41, 5.74) is 5.87. The standard InChI is InChI=1S/C22H26ClN2O/c1-22(2)19-15-17(23)8-11-20(19)25(4)21(22)12-7-16-5-9-18(10-6-16)24(3)13-14-26/h5-12,15,26H,13-14H2,1-4H3/q+1. The predicted octanol–water partition coefficient (Wildman–Crippen LogP) is 4.49. The van der Waals surface area contributed by atoms with E-state index < -0.39 is 0 Å². The Morgan fingerprint density at radius 2 is 1.81 bits per heavy atom. The fourth-order valence-corrected chi connectivity index (χ4v) is 3.77. The van der Waals surface area contributed by atoms with Gasteiger partial charge in [0.05, 0.1) is 12.0 Å². The van der Waals surface area contributed by atoms with E-state index >= 15 is 0 Å². The van der Waals surface area contributed by atoms with Crippen LogP contribution in [-0.2, 0) is 5.41 Å². The molecule has 0 saturated carbocycles. The monoisotopic (exact) mass is 369 g/mol. The van der Waals surface area contributed by atoms with Gasteiger partial charge in [-0.3, -0.25) is 0 Å². The maximum atomic E-state index is 9.06. The molecule has 0 amide bonds. The van der Waals surface area contributed by atoms with Gasteiger partial charge in [0.2, 0.25) is 5.69 Å². The Hall–Kier alpha value is -2.10. The maximum Gasteiger partial charge on any atom is 0.209 e. The van der Waals surface area contributed by atoms with Gasteiger partial charge < -0.3 is 10.0 Å². The molecule has 0 aromatic heterocycles. The fraction of sp³-hybridized carbons (Fsp3) is 0.318. The predicted molar refractivity (Wildman–Crippen MR) is 111 cm³/mol. The number of halogens is 1. The summed E-state index contributed by atoms with van der Waals surface area (Å²) in [6.07, 6.45) is 4.34. The van der Waals surface area contributed by atoms with Crippen LogP contribution in [0.3, 0.4) is 0 Å². The number of hydrogen-bond donors (Lipinski definition) is 1. The minimum atomic E-state index is -0.0905. The van der Waals surface area contributed by atoms with Crippen molar-refractivity contribution in [3.05, 3.63) is 64.7 Å². The van der Waals surface area contributed by atoms with Crippen molar-refractivity contribution in [2.75, 3.05) is 32.1 Å². The second-order valence-electron chi connectivity index (χ2n) is 7.30. The van der Waals surface area contributed by atoms with Gasteiger partial charge in [-0.05, 0) is 49.8 Å². The van der Waals surface area contributed by atoms with Crippen molar-refractivity contribution in [1.82, 2.24) is 0 Å². The lowest BCUT2D eigenvalue weighted by Crippen LogP contribution is -2.26. The summed E-state index contributed by atoms with van der Waals surface area (Å²) in [7, 11) is 4.09. The second-order valence-corrected chi connectivity index (χ2v) is 7.74. The number of hydrogen-bond acceptors (Lipinski definition) is 2. The molecule has 2 aromatic rings. The first-order chi connectivity index (χ1) is 12.3. The number of benzene rings is 2. The van der Waals surface area contributed by atoms with E-state index in [4.69, 9.17) is 16.7 Å². The summed E-state index contributed by atoms with van der Waals surface area (Å²) in [5, 5.41) is 9.83. The van der Waals surface area contributed by atoms with Crippen LogP contribution in [0.1, 0.15) is 25.0 Å². The van der Waals surface area contributed by atoms with Gasteiger partial charge in [0.25, 0.3) is 0 Å². The molecule has 0 spiro atoms. The molecule has 0 fully saturated rings. The average Bonchev–Trinajstić information content (AvgIpc) is 2.80. The summed E-state index contributed by atoms with van der Waals surface area (Å²) < 4.78 is 2.24. The van der Waals surface area contributed by atoms with Gasteiger partial charge in [-0.15, -0.1) is 0 Å². The summed E-state index contributed by atoms with van der Waals surface area (Å²) in [5.74, 6) is 0. The molecule has 26 heavy (non-hydrogen) atoms. The zero-order chi connectivity index (χ0) is 18.9. The highest BCUT2D eigenvalue weighted by atomic mass is 35.5. The van der Waals surface area contributed by atoms with E-state index in [-0.39, 0.29) is 12.0 Å². The van der Waals surface area contributed by atoms with Gasteiger partial charge in [0.15, 0.2) is 5.71 Å². The molecular formula is C22H26ClN2O+. The molecule has 1 aliphatic heterocycles. The number of aliphatic hydroxyl groups excluding tert-OH is 1. The third-order valence-electron chi connectivity index (χ3n) is 5.20. The molecular weight excluding hydrogens is 344 g/mol. The SMILES string of the molecule is CN(CCO)c1ccc(/C=C/C2=[N+](C)c3ccc(Cl)cc3C2(C)C)cc1. The van der Waals surface area contributed by atoms with Crippen molar-refractivity contribution in [3.63, 3.8) is 0 Å². The third-order valence-corrected chi connectivity index (χ3v) is 5.43. The van der Waals surface area contributed by atoms with E-state index in [1.807, 2.05) is 18.0 Å². The van der Waals surface area contributed by atoms with Crippen LogP contribution >= 0.6 is 11.6 Å². The molecule has 1 N–H and O–H groups in total. The van der Waals surface area contributed by atoms with E-state index in [0.717, 1.165) is 16.3 Å². The van der Waals surface area contributed by atoms with Gasteiger partial charge in [-0.1, -0.05) is 23.7 Å². The summed E-state index contributed by atoms with van der Waals surface area (Å²) >= 11 is 6.22. The van der Waals surface area contributed by atoms with Crippen molar-refractivity contribution >= 4 is 34.8 Å². The third kappa shape index (κ3) is 3.42. The summed E-state index contributed by atoms with van der Waals surface area (Å²) in [6.45, 7) is 5.26. The van der Waals surface area contributed by atoms with Crippen molar-refractivity contribution in [1.29, 1.82) is 0 Å². The van der Waals surface area contributed by atoms with E-state index in [2.05, 4.69) is 74.0 Å². The topological polar surface area (TPSA) is 26.5 Å². The number of rotatable bonds is 5. The van der Waals surface area contributed by atoms with Crippen molar-refractivity contribution < 1.29 is 9.68 Å². The normalized spacial score (nSPS) is 15.6. The van der Waals surface area contributed by atoms with Gasteiger partial charge in [-0.2, -0.15) is 4.58 Å². The molecule has 0 aliphatic carbocycles. The highest BCUT2D eigenvalue weighted by Crippen LogP contribution is 2.40. The fourth-order valence-electron chi connectivity index (χ4n) is 3.60. The number of likely N-dealkylation sites (N-methyl/N-ethyl adjacent to an activating group) is 1. The van der Waals surface area contributed by atoms with Crippen LogP contribution in [0.4, 0.5) is 11.4 Å². The molecule has 1 heterocycles. The Kier molecular flexibility index (Phi) is 5.22. The number of anilines is 1. The quantitative estimate of drug-likeness (QED) is 0.786. The van der Waals surface area contributed by atoms with Crippen molar-refractivity contribution in [3.8, 4) is 0 Å². The van der Waals surface area contributed by atoms with Crippen LogP contribution in [0.25, 0.3) is 6.08 Å². The molecule has 0 unspecified atom stereocenters. The van der Waals surface area contributed by atoms with Crippen LogP contribution in [0.5, 0.6) is 0 Å². The lowest BCUT2D eigenvalue weighted by Gasteiger charge is -2.17. The van der Waals surface area contributed by atoms with Gasteiger partial charge in [-0.25, -0.2) is 0 Å². The zero-order valence-corrected chi connectivity index (χ0v) is 16.6. The largest absolute Gasteiger partial charge is 0.395 e. The van der Waals surface area contributed by atoms with Crippen molar-refractivity contribution in [2.45, 2.75) is 19.3 Å². The minimum Gasteiger partial charge on any atom is -0.395 e. The summed E-state index contributed by atoms with van der Waals surface area (Å²) in [6, 6.07) is 14.5. The molecule has 3 nitrogen and oxygen atoms in total. The Morgan fingerprint density at radius 3 is 2.46 bits per heavy atom. The highest BCUT2D eigenvalue weighted by Gasteiger charge is 2.42. The van der Waals surface area contributed by atoms with Crippen LogP contribution in [0, 0.1) is 0 Å². The van der Waals surface area contributed by atoms with Crippen molar-refractivity contribution in [2.24, 2.45) is 0 Å². The molecule has 0 saturated heterocycles. The molecule has 3 rings (SSSR count). The molecule has 2 aromatic carbocycles. The van der Waals surface area contributed by atoms with Crippen LogP contribution in [0.15, 0.2) is 48.5 Å². The zero-order valence-electron chi connectivity index (χ0n) is 15.8. The molecule has 0 bridgehead atoms. The highest BCUT2D eigenvalue weighted by molar-refractivity contribution is 6.30. The lowest BCUT2D eigenvalue weighted by atomic mass is 9.81. The Morgan fingerprint density at radius 1 is 1.12 bits per heavy atom. The second kappa shape index (κ2) is 7.26. The maximum absolute atomic E-state index is 9.06. The first-order valence-electron chi connectivity index (χ1n) is 8.86. The Labute approximate surface area is 160 Å². The summed E-state index contributed by atoms with van der Waals surface area (Å²) in [4.78, 5) is 2.04. The smallest absolute Gasteiger partial charge is 0.209 e. The molecule has 1 aliphatic rings. The molecule has 0 atom stereocenters. The van der Waals surface area contributed by atoms with Gasteiger partial charge in [0.1, 0.15) is 7.05 Å². The van der Waals surface area contributed by atoms with E-state index in [0.29, 0.717) is 6.54 Å². The first-order valence-corrected chi connectivity index (χ1v) is 9.23. The number of nitrogens with zero attached hydrogens (tertiary/aromatic N) is 2. The first kappa shape index (κ1) is 18.7. The number of allylic oxidation sites excluding steroid dienone is 1. The van der Waals surface area contributed by atoms with Gasteiger partial charge >= 0.3 is 0 Å². The number of fused-ring (bicyclic) bond motifs is 1. The minimum absolute atomic E-state index is 0.0905. The Bertz CT molecular complexity index is 866.